The summed E-state index contributed by atoms with van der Waals surface area (Å²) >= 11 is 0. The number of carbonyl (C=O) groups is 2. The van der Waals surface area contributed by atoms with E-state index in [1.54, 1.807) is 4.90 Å². The lowest BCUT2D eigenvalue weighted by Gasteiger charge is -2.24. The van der Waals surface area contributed by atoms with Gasteiger partial charge in [0.2, 0.25) is 11.8 Å². The lowest BCUT2D eigenvalue weighted by molar-refractivity contribution is -0.131. The van der Waals surface area contributed by atoms with E-state index in [-0.39, 0.29) is 17.9 Å². The molecule has 0 bridgehead atoms. The molecule has 110 valence electrons. The second-order valence-corrected chi connectivity index (χ2v) is 5.32. The van der Waals surface area contributed by atoms with Crippen LogP contribution in [-0.4, -0.2) is 29.3 Å². The van der Waals surface area contributed by atoms with E-state index >= 15 is 0 Å². The lowest BCUT2D eigenvalue weighted by atomic mass is 10.1. The van der Waals surface area contributed by atoms with Gasteiger partial charge in [0, 0.05) is 32.5 Å². The number of hydrogen-bond donors (Lipinski definition) is 1. The Morgan fingerprint density at radius 2 is 1.80 bits per heavy atom. The van der Waals surface area contributed by atoms with E-state index in [2.05, 4.69) is 5.32 Å². The van der Waals surface area contributed by atoms with E-state index in [0.29, 0.717) is 19.5 Å². The zero-order valence-electron chi connectivity index (χ0n) is 12.8. The van der Waals surface area contributed by atoms with Gasteiger partial charge in [-0.25, -0.2) is 0 Å². The second-order valence-electron chi connectivity index (χ2n) is 5.32. The molecule has 2 amide bonds. The fourth-order valence-electron chi connectivity index (χ4n) is 2.00. The predicted octanol–water partition coefficient (Wildman–Crippen LogP) is 2.26. The molecule has 0 spiro atoms. The van der Waals surface area contributed by atoms with Gasteiger partial charge in [0.15, 0.2) is 0 Å². The quantitative estimate of drug-likeness (QED) is 0.866. The zero-order chi connectivity index (χ0) is 15.1. The summed E-state index contributed by atoms with van der Waals surface area (Å²) in [5.41, 5.74) is 2.28. The summed E-state index contributed by atoms with van der Waals surface area (Å²) in [5.74, 6) is -0.0243. The Morgan fingerprint density at radius 3 is 2.30 bits per heavy atom. The highest BCUT2D eigenvalue weighted by Gasteiger charge is 2.13. The third-order valence-electron chi connectivity index (χ3n) is 3.22. The maximum absolute atomic E-state index is 11.8. The summed E-state index contributed by atoms with van der Waals surface area (Å²) in [4.78, 5) is 24.9. The molecular formula is C16H24N2O2. The minimum absolute atomic E-state index is 0.00587. The SMILES string of the molecule is CC(=O)N(CCC(=O)NCc1ccc(C)cc1)C(C)C. The van der Waals surface area contributed by atoms with Crippen molar-refractivity contribution < 1.29 is 9.59 Å². The molecule has 1 aromatic rings. The van der Waals surface area contributed by atoms with Crippen LogP contribution in [0.25, 0.3) is 0 Å². The van der Waals surface area contributed by atoms with Crippen LogP contribution in [0.4, 0.5) is 0 Å². The summed E-state index contributed by atoms with van der Waals surface area (Å²) in [6.07, 6.45) is 0.337. The number of amides is 2. The molecule has 0 aromatic heterocycles. The van der Waals surface area contributed by atoms with Crippen molar-refractivity contribution in [3.63, 3.8) is 0 Å². The van der Waals surface area contributed by atoms with E-state index in [1.807, 2.05) is 45.0 Å². The molecule has 1 aromatic carbocycles. The van der Waals surface area contributed by atoms with Crippen LogP contribution in [0.5, 0.6) is 0 Å². The molecule has 4 nitrogen and oxygen atoms in total. The van der Waals surface area contributed by atoms with Gasteiger partial charge in [-0.15, -0.1) is 0 Å². The summed E-state index contributed by atoms with van der Waals surface area (Å²) < 4.78 is 0. The Balaban J connectivity index is 2.36. The first-order chi connectivity index (χ1) is 9.40. The van der Waals surface area contributed by atoms with E-state index < -0.39 is 0 Å². The Labute approximate surface area is 121 Å². The molecule has 0 aliphatic rings. The van der Waals surface area contributed by atoms with Crippen molar-refractivity contribution in [1.82, 2.24) is 10.2 Å². The van der Waals surface area contributed by atoms with Gasteiger partial charge in [-0.3, -0.25) is 9.59 Å². The van der Waals surface area contributed by atoms with Crippen molar-refractivity contribution in [2.24, 2.45) is 0 Å². The van der Waals surface area contributed by atoms with Crippen LogP contribution in [0, 0.1) is 6.92 Å². The molecule has 20 heavy (non-hydrogen) atoms. The number of benzene rings is 1. The monoisotopic (exact) mass is 276 g/mol. The van der Waals surface area contributed by atoms with E-state index in [9.17, 15) is 9.59 Å². The van der Waals surface area contributed by atoms with Gasteiger partial charge in [-0.1, -0.05) is 29.8 Å². The Hall–Kier alpha value is -1.84. The molecule has 0 saturated heterocycles. The molecular weight excluding hydrogens is 252 g/mol. The van der Waals surface area contributed by atoms with Crippen LogP contribution in [0.2, 0.25) is 0 Å². The van der Waals surface area contributed by atoms with Gasteiger partial charge < -0.3 is 10.2 Å². The normalized spacial score (nSPS) is 10.4. The fraction of sp³-hybridized carbons (Fsp3) is 0.500. The smallest absolute Gasteiger partial charge is 0.222 e. The minimum atomic E-state index is -0.0301. The molecule has 0 aliphatic carbocycles. The first-order valence-corrected chi connectivity index (χ1v) is 6.99. The van der Waals surface area contributed by atoms with E-state index in [1.165, 1.54) is 12.5 Å². The lowest BCUT2D eigenvalue weighted by Crippen LogP contribution is -2.38. The highest BCUT2D eigenvalue weighted by Crippen LogP contribution is 2.03. The summed E-state index contributed by atoms with van der Waals surface area (Å²) in [7, 11) is 0. The summed E-state index contributed by atoms with van der Waals surface area (Å²) in [6, 6.07) is 8.18. The van der Waals surface area contributed by atoms with Crippen molar-refractivity contribution in [3.8, 4) is 0 Å². The van der Waals surface area contributed by atoms with Crippen molar-refractivity contribution in [1.29, 1.82) is 0 Å². The predicted molar refractivity (Wildman–Crippen MR) is 80.2 cm³/mol. The third-order valence-corrected chi connectivity index (χ3v) is 3.22. The molecule has 0 radical (unpaired) electrons. The fourth-order valence-corrected chi connectivity index (χ4v) is 2.00. The van der Waals surface area contributed by atoms with Crippen LogP contribution in [0.3, 0.4) is 0 Å². The third kappa shape index (κ3) is 5.43. The van der Waals surface area contributed by atoms with Crippen LogP contribution in [0.1, 0.15) is 38.3 Å². The number of rotatable bonds is 6. The van der Waals surface area contributed by atoms with Gasteiger partial charge in [-0.2, -0.15) is 0 Å². The maximum atomic E-state index is 11.8. The van der Waals surface area contributed by atoms with Gasteiger partial charge in [0.1, 0.15) is 0 Å². The van der Waals surface area contributed by atoms with Crippen LogP contribution >= 0.6 is 0 Å². The van der Waals surface area contributed by atoms with Crippen molar-refractivity contribution in [3.05, 3.63) is 35.4 Å². The molecule has 0 atom stereocenters. The highest BCUT2D eigenvalue weighted by molar-refractivity contribution is 5.78. The Morgan fingerprint density at radius 1 is 1.20 bits per heavy atom. The molecule has 1 rings (SSSR count). The maximum Gasteiger partial charge on any atom is 0.222 e. The number of aryl methyl sites for hydroxylation is 1. The standard InChI is InChI=1S/C16H24N2O2/c1-12(2)18(14(4)19)10-9-16(20)17-11-15-7-5-13(3)6-8-15/h5-8,12H,9-11H2,1-4H3,(H,17,20). The number of carbonyl (C=O) groups excluding carboxylic acids is 2. The van der Waals surface area contributed by atoms with Gasteiger partial charge in [0.25, 0.3) is 0 Å². The van der Waals surface area contributed by atoms with Crippen molar-refractivity contribution in [2.75, 3.05) is 6.54 Å². The highest BCUT2D eigenvalue weighted by atomic mass is 16.2. The minimum Gasteiger partial charge on any atom is -0.352 e. The zero-order valence-corrected chi connectivity index (χ0v) is 12.8. The van der Waals surface area contributed by atoms with E-state index in [0.717, 1.165) is 5.56 Å². The Kier molecular flexibility index (Phi) is 6.22. The number of nitrogens with one attached hydrogen (secondary N) is 1. The van der Waals surface area contributed by atoms with E-state index in [4.69, 9.17) is 0 Å². The summed E-state index contributed by atoms with van der Waals surface area (Å²) in [6.45, 7) is 8.46. The number of nitrogens with zero attached hydrogens (tertiary/aromatic N) is 1. The first-order valence-electron chi connectivity index (χ1n) is 6.99. The van der Waals surface area contributed by atoms with Crippen molar-refractivity contribution in [2.45, 2.75) is 46.7 Å². The largest absolute Gasteiger partial charge is 0.352 e. The molecule has 1 N–H and O–H groups in total. The van der Waals surface area contributed by atoms with Crippen molar-refractivity contribution >= 4 is 11.8 Å². The van der Waals surface area contributed by atoms with Crippen LogP contribution < -0.4 is 5.32 Å². The van der Waals surface area contributed by atoms with Gasteiger partial charge >= 0.3 is 0 Å². The topological polar surface area (TPSA) is 49.4 Å². The van der Waals surface area contributed by atoms with Crippen LogP contribution in [0.15, 0.2) is 24.3 Å². The second kappa shape index (κ2) is 7.68. The Bertz CT molecular complexity index is 452. The molecule has 0 heterocycles. The van der Waals surface area contributed by atoms with Gasteiger partial charge in [0.05, 0.1) is 0 Å². The van der Waals surface area contributed by atoms with Gasteiger partial charge in [-0.05, 0) is 26.3 Å². The number of hydrogen-bond acceptors (Lipinski definition) is 2. The molecule has 0 saturated carbocycles. The molecule has 4 heteroatoms. The average Bonchev–Trinajstić information content (AvgIpc) is 2.37. The first kappa shape index (κ1) is 16.2. The van der Waals surface area contributed by atoms with Crippen LogP contribution in [-0.2, 0) is 16.1 Å². The average molecular weight is 276 g/mol. The molecule has 0 aliphatic heterocycles. The summed E-state index contributed by atoms with van der Waals surface area (Å²) in [5, 5.41) is 2.87. The molecule has 0 fully saturated rings. The molecule has 0 unspecified atom stereocenters.